The molecule has 6 atom stereocenters. The van der Waals surface area contributed by atoms with Gasteiger partial charge in [-0.2, -0.15) is 0 Å². The van der Waals surface area contributed by atoms with Gasteiger partial charge in [-0.1, -0.05) is 90.8 Å². The summed E-state index contributed by atoms with van der Waals surface area (Å²) in [6.07, 6.45) is 7.78. The van der Waals surface area contributed by atoms with Gasteiger partial charge in [0, 0.05) is 49.8 Å². The van der Waals surface area contributed by atoms with Crippen molar-refractivity contribution in [3.8, 4) is 23.0 Å². The number of unbranched alkanes of at least 4 members (excludes halogenated alkanes) is 2. The molecular weight excluding hydrogens is 863 g/mol. The van der Waals surface area contributed by atoms with Gasteiger partial charge in [0.1, 0.15) is 35.6 Å². The van der Waals surface area contributed by atoms with E-state index < -0.39 is 23.8 Å². The standard InChI is InChI=1S/C55H61N3O10/c1-5-29-65-55-50(58(2)53(61)40-22-21-37-17-9-10-18-38(37)30-40)34-47(57-66-35-36-15-7-6-8-16-36)44-31-39(19-11-13-27-59)43(20-12-14-28-60)51(52(44)55)45-32-42(24-26-48(45)68-55)67-54(62)56-46-25-23-41(63-3)33-49(46)64-4/h5-10,15-18,21-26,30-33,39,43,50-52,59-60H,1,11-14,19-20,27-29,34-35H2,2-4H3,(H,56,62)/t39-,43+,50-,51+,52+,55+/m0/s1. The summed E-state index contributed by atoms with van der Waals surface area (Å²) < 4.78 is 31.3. The van der Waals surface area contributed by atoms with Gasteiger partial charge < -0.3 is 43.6 Å². The third-order valence-electron chi connectivity index (χ3n) is 13.5. The Morgan fingerprint density at radius 3 is 2.37 bits per heavy atom. The maximum atomic E-state index is 15.0. The molecule has 0 bridgehead atoms. The fraction of sp³-hybridized carbons (Fsp3) is 0.364. The fourth-order valence-electron chi connectivity index (χ4n) is 10.4. The van der Waals surface area contributed by atoms with Crippen LogP contribution in [-0.4, -0.2) is 85.7 Å². The van der Waals surface area contributed by atoms with Crippen molar-refractivity contribution in [1.29, 1.82) is 0 Å². The summed E-state index contributed by atoms with van der Waals surface area (Å²) in [5.74, 6) is -0.824. The van der Waals surface area contributed by atoms with E-state index in [0.717, 1.165) is 53.2 Å². The number of allylic oxidation sites excluding steroid dienone is 1. The third-order valence-corrected chi connectivity index (χ3v) is 13.5. The largest absolute Gasteiger partial charge is 0.497 e. The molecule has 0 radical (unpaired) electrons. The molecule has 0 saturated heterocycles. The quantitative estimate of drug-likeness (QED) is 0.0390. The van der Waals surface area contributed by atoms with Gasteiger partial charge in [0.25, 0.3) is 5.91 Å². The van der Waals surface area contributed by atoms with Gasteiger partial charge in [-0.25, -0.2) is 4.79 Å². The molecular formula is C55H61N3O10. The number of hydrogen-bond acceptors (Lipinski definition) is 11. The minimum Gasteiger partial charge on any atom is -0.497 e. The molecule has 356 valence electrons. The number of hydrogen-bond donors (Lipinski definition) is 3. The van der Waals surface area contributed by atoms with Crippen molar-refractivity contribution in [2.75, 3.05) is 46.4 Å². The second kappa shape index (κ2) is 22.0. The number of aliphatic hydroxyl groups is 2. The molecule has 2 amide bonds. The zero-order valence-electron chi connectivity index (χ0n) is 39.0. The number of nitrogens with zero attached hydrogens (tertiary/aromatic N) is 2. The smallest absolute Gasteiger partial charge is 0.417 e. The number of methoxy groups -OCH3 is 2. The first kappa shape index (κ1) is 47.8. The lowest BCUT2D eigenvalue weighted by atomic mass is 9.55. The van der Waals surface area contributed by atoms with Crippen LogP contribution in [0.3, 0.4) is 0 Å². The Balaban J connectivity index is 1.27. The molecule has 3 N–H and O–H groups in total. The van der Waals surface area contributed by atoms with Crippen LogP contribution in [0.25, 0.3) is 10.8 Å². The van der Waals surface area contributed by atoms with E-state index in [2.05, 4.69) is 18.0 Å². The lowest BCUT2D eigenvalue weighted by molar-refractivity contribution is -0.252. The SMILES string of the molecule is C=CCO[C@@]12Oc3ccc(OC(=O)Nc4ccc(OC)cc4OC)cc3[C@H]3[C@H](CCCCO)[C@@H](CCCCO)C=C(C(=NOCc4ccccc4)C[C@@H]1N(C)C(=O)c1ccc4ccccc4c1)[C@H]32. The molecule has 13 nitrogen and oxygen atoms in total. The van der Waals surface area contributed by atoms with Crippen molar-refractivity contribution in [2.24, 2.45) is 22.9 Å². The van der Waals surface area contributed by atoms with Crippen molar-refractivity contribution in [3.05, 3.63) is 150 Å². The van der Waals surface area contributed by atoms with Gasteiger partial charge in [-0.3, -0.25) is 10.1 Å². The molecule has 3 aliphatic rings. The number of carbonyl (C=O) groups excluding carboxylic acids is 2. The van der Waals surface area contributed by atoms with E-state index in [0.29, 0.717) is 47.1 Å². The van der Waals surface area contributed by atoms with Crippen molar-refractivity contribution in [2.45, 2.75) is 69.3 Å². The van der Waals surface area contributed by atoms with Gasteiger partial charge in [0.05, 0.1) is 38.1 Å². The Bertz CT molecular complexity index is 2630. The highest BCUT2D eigenvalue weighted by Crippen LogP contribution is 2.62. The summed E-state index contributed by atoms with van der Waals surface area (Å²) in [4.78, 5) is 36.5. The number of aliphatic hydroxyl groups excluding tert-OH is 2. The molecule has 2 aliphatic carbocycles. The Morgan fingerprint density at radius 2 is 1.62 bits per heavy atom. The van der Waals surface area contributed by atoms with Crippen LogP contribution >= 0.6 is 0 Å². The molecule has 8 rings (SSSR count). The lowest BCUT2D eigenvalue weighted by Crippen LogP contribution is -2.69. The van der Waals surface area contributed by atoms with Crippen molar-refractivity contribution in [1.82, 2.24) is 4.90 Å². The summed E-state index contributed by atoms with van der Waals surface area (Å²) in [5.41, 5.74) is 4.24. The number of amides is 2. The van der Waals surface area contributed by atoms with Gasteiger partial charge in [-0.15, -0.1) is 6.58 Å². The van der Waals surface area contributed by atoms with Crippen molar-refractivity contribution >= 4 is 34.2 Å². The van der Waals surface area contributed by atoms with E-state index in [4.69, 9.17) is 33.7 Å². The average molecular weight is 924 g/mol. The maximum absolute atomic E-state index is 15.0. The molecule has 0 aromatic heterocycles. The summed E-state index contributed by atoms with van der Waals surface area (Å²) in [7, 11) is 4.85. The minimum absolute atomic E-state index is 0.00259. The lowest BCUT2D eigenvalue weighted by Gasteiger charge is -2.59. The first-order valence-electron chi connectivity index (χ1n) is 23.4. The third kappa shape index (κ3) is 10.1. The number of likely N-dealkylation sites (N-methyl/N-ethyl adjacent to an activating group) is 1. The number of carbonyl (C=O) groups is 2. The van der Waals surface area contributed by atoms with Crippen molar-refractivity contribution < 1.29 is 48.3 Å². The molecule has 1 saturated carbocycles. The van der Waals surface area contributed by atoms with Crippen LogP contribution in [-0.2, 0) is 16.2 Å². The summed E-state index contributed by atoms with van der Waals surface area (Å²) in [5, 5.41) is 29.7. The zero-order chi connectivity index (χ0) is 47.6. The summed E-state index contributed by atoms with van der Waals surface area (Å²) in [6, 6.07) is 33.2. The highest BCUT2D eigenvalue weighted by Gasteiger charge is 2.65. The number of fused-ring (bicyclic) bond motifs is 3. The van der Waals surface area contributed by atoms with Gasteiger partial charge >= 0.3 is 6.09 Å². The second-order valence-electron chi connectivity index (χ2n) is 17.6. The first-order valence-corrected chi connectivity index (χ1v) is 23.4. The summed E-state index contributed by atoms with van der Waals surface area (Å²) >= 11 is 0. The van der Waals surface area contributed by atoms with E-state index in [-0.39, 0.29) is 62.3 Å². The topological polar surface area (TPSA) is 158 Å². The highest BCUT2D eigenvalue weighted by atomic mass is 16.7. The van der Waals surface area contributed by atoms with Crippen LogP contribution in [0.4, 0.5) is 10.5 Å². The Kier molecular flexibility index (Phi) is 15.4. The van der Waals surface area contributed by atoms with Gasteiger partial charge in [0.2, 0.25) is 5.79 Å². The maximum Gasteiger partial charge on any atom is 0.417 e. The Labute approximate surface area is 397 Å². The van der Waals surface area contributed by atoms with Crippen LogP contribution in [0.2, 0.25) is 0 Å². The highest BCUT2D eigenvalue weighted by molar-refractivity contribution is 6.04. The van der Waals surface area contributed by atoms with E-state index in [1.54, 1.807) is 55.5 Å². The van der Waals surface area contributed by atoms with Crippen LogP contribution in [0.15, 0.2) is 139 Å². The van der Waals surface area contributed by atoms with E-state index in [9.17, 15) is 19.8 Å². The minimum atomic E-state index is -1.46. The molecule has 5 aromatic rings. The molecule has 0 unspecified atom stereocenters. The van der Waals surface area contributed by atoms with E-state index >= 15 is 0 Å². The van der Waals surface area contributed by atoms with Gasteiger partial charge in [0.15, 0.2) is 0 Å². The number of oxime groups is 1. The van der Waals surface area contributed by atoms with Gasteiger partial charge in [-0.05, 0) is 102 Å². The molecule has 0 spiro atoms. The number of nitrogens with one attached hydrogen (secondary N) is 1. The molecule has 5 aromatic carbocycles. The first-order chi connectivity index (χ1) is 33.2. The predicted octanol–water partition coefficient (Wildman–Crippen LogP) is 10.1. The van der Waals surface area contributed by atoms with Crippen LogP contribution in [0.1, 0.15) is 72.3 Å². The monoisotopic (exact) mass is 923 g/mol. The molecule has 1 fully saturated rings. The number of rotatable bonds is 20. The fourth-order valence-corrected chi connectivity index (χ4v) is 10.4. The number of ether oxygens (including phenoxy) is 5. The normalized spacial score (nSPS) is 21.9. The Hall–Kier alpha value is -6.67. The van der Waals surface area contributed by atoms with E-state index in [1.165, 1.54) is 7.11 Å². The Morgan fingerprint density at radius 1 is 0.868 bits per heavy atom. The predicted molar refractivity (Wildman–Crippen MR) is 261 cm³/mol. The average Bonchev–Trinajstić information content (AvgIpc) is 3.36. The van der Waals surface area contributed by atoms with E-state index in [1.807, 2.05) is 78.9 Å². The molecule has 13 heteroatoms. The van der Waals surface area contributed by atoms with Crippen LogP contribution < -0.4 is 24.3 Å². The number of anilines is 1. The zero-order valence-corrected chi connectivity index (χ0v) is 39.0. The van der Waals surface area contributed by atoms with Crippen LogP contribution in [0, 0.1) is 17.8 Å². The van der Waals surface area contributed by atoms with Crippen LogP contribution in [0.5, 0.6) is 23.0 Å². The summed E-state index contributed by atoms with van der Waals surface area (Å²) in [6.45, 7) is 4.51. The number of benzene rings is 5. The molecule has 1 heterocycles. The second-order valence-corrected chi connectivity index (χ2v) is 17.6. The molecule has 1 aliphatic heterocycles. The van der Waals surface area contributed by atoms with Crippen molar-refractivity contribution in [3.63, 3.8) is 0 Å². The molecule has 68 heavy (non-hydrogen) atoms.